The predicted octanol–water partition coefficient (Wildman–Crippen LogP) is 10.7. The lowest BCUT2D eigenvalue weighted by Gasteiger charge is -2.08. The van der Waals surface area contributed by atoms with Crippen LogP contribution in [0.3, 0.4) is 0 Å². The quantitative estimate of drug-likeness (QED) is 0.179. The van der Waals surface area contributed by atoms with Crippen LogP contribution in [0.2, 0.25) is 0 Å². The zero-order valence-corrected chi connectivity index (χ0v) is 23.5. The molecule has 0 radical (unpaired) electrons. The molecular weight excluding hydrogens is 479 g/mol. The van der Waals surface area contributed by atoms with Gasteiger partial charge in [-0.15, -0.1) is 11.3 Å². The van der Waals surface area contributed by atoms with Crippen molar-refractivity contribution in [2.75, 3.05) is 0 Å². The van der Waals surface area contributed by atoms with Gasteiger partial charge in [0.05, 0.1) is 0 Å². The van der Waals surface area contributed by atoms with Crippen LogP contribution in [0.1, 0.15) is 111 Å². The first-order valence-corrected chi connectivity index (χ1v) is 15.1. The van der Waals surface area contributed by atoms with Gasteiger partial charge in [-0.1, -0.05) is 114 Å². The third-order valence-electron chi connectivity index (χ3n) is 7.11. The number of carboxylic acids is 1. The minimum absolute atomic E-state index is 0.193. The Hall–Kier alpha value is -2.46. The van der Waals surface area contributed by atoms with Gasteiger partial charge < -0.3 is 5.11 Å². The lowest BCUT2D eigenvalue weighted by molar-refractivity contribution is 0.0703. The largest absolute Gasteiger partial charge is 0.477 e. The van der Waals surface area contributed by atoms with Crippen LogP contribution in [0.5, 0.6) is 0 Å². The number of aromatic carboxylic acids is 1. The molecule has 3 aromatic rings. The van der Waals surface area contributed by atoms with Crippen molar-refractivity contribution in [1.82, 2.24) is 0 Å². The zero-order chi connectivity index (χ0) is 26.5. The fraction of sp³-hybridized carbons (Fsp3) is 0.485. The summed E-state index contributed by atoms with van der Waals surface area (Å²) in [6.07, 6.45) is 16.8. The SMILES string of the molecule is CCCCCCCCCCCc1ccc(-c2ccc(-c3cc(CCCCC)sc3C(=O)O)cc2)c(F)c1. The Morgan fingerprint density at radius 3 is 1.84 bits per heavy atom. The molecule has 4 heteroatoms. The molecule has 0 aliphatic carbocycles. The van der Waals surface area contributed by atoms with Crippen LogP contribution in [0.15, 0.2) is 48.5 Å². The van der Waals surface area contributed by atoms with E-state index in [4.69, 9.17) is 0 Å². The highest BCUT2D eigenvalue weighted by Gasteiger charge is 2.17. The van der Waals surface area contributed by atoms with Crippen molar-refractivity contribution in [3.63, 3.8) is 0 Å². The van der Waals surface area contributed by atoms with Gasteiger partial charge in [0.25, 0.3) is 0 Å². The van der Waals surface area contributed by atoms with E-state index in [1.165, 1.54) is 62.7 Å². The summed E-state index contributed by atoms with van der Waals surface area (Å²) in [5.41, 5.74) is 4.08. The van der Waals surface area contributed by atoms with Crippen molar-refractivity contribution >= 4 is 17.3 Å². The van der Waals surface area contributed by atoms with Crippen molar-refractivity contribution in [3.05, 3.63) is 69.7 Å². The van der Waals surface area contributed by atoms with Crippen LogP contribution in [0.4, 0.5) is 4.39 Å². The first kappa shape index (κ1) is 29.1. The third-order valence-corrected chi connectivity index (χ3v) is 8.30. The van der Waals surface area contributed by atoms with Crippen LogP contribution < -0.4 is 0 Å². The van der Waals surface area contributed by atoms with E-state index >= 15 is 0 Å². The fourth-order valence-corrected chi connectivity index (χ4v) is 5.96. The molecule has 1 heterocycles. The highest BCUT2D eigenvalue weighted by Crippen LogP contribution is 2.34. The second kappa shape index (κ2) is 15.7. The molecule has 0 aliphatic rings. The summed E-state index contributed by atoms with van der Waals surface area (Å²) >= 11 is 1.37. The first-order valence-electron chi connectivity index (χ1n) is 14.3. The third kappa shape index (κ3) is 9.10. The molecule has 0 spiro atoms. The summed E-state index contributed by atoms with van der Waals surface area (Å²) in [6.45, 7) is 4.41. The number of carbonyl (C=O) groups is 1. The molecule has 0 bridgehead atoms. The van der Waals surface area contributed by atoms with Crippen LogP contribution in [0.25, 0.3) is 22.3 Å². The van der Waals surface area contributed by atoms with E-state index in [1.54, 1.807) is 6.07 Å². The number of halogens is 1. The van der Waals surface area contributed by atoms with Gasteiger partial charge in [0.2, 0.25) is 0 Å². The minimum Gasteiger partial charge on any atom is -0.477 e. The predicted molar refractivity (Wildman–Crippen MR) is 156 cm³/mol. The van der Waals surface area contributed by atoms with Gasteiger partial charge in [-0.2, -0.15) is 0 Å². The van der Waals surface area contributed by atoms with E-state index in [0.717, 1.165) is 65.7 Å². The number of benzene rings is 2. The summed E-state index contributed by atoms with van der Waals surface area (Å²) in [5.74, 6) is -1.08. The molecule has 0 amide bonds. The molecule has 0 saturated heterocycles. The van der Waals surface area contributed by atoms with Crippen molar-refractivity contribution in [1.29, 1.82) is 0 Å². The smallest absolute Gasteiger partial charge is 0.346 e. The number of aryl methyl sites for hydroxylation is 2. The topological polar surface area (TPSA) is 37.3 Å². The van der Waals surface area contributed by atoms with Crippen molar-refractivity contribution in [3.8, 4) is 22.3 Å². The second-order valence-electron chi connectivity index (χ2n) is 10.2. The lowest BCUT2D eigenvalue weighted by atomic mass is 9.97. The van der Waals surface area contributed by atoms with Crippen molar-refractivity contribution < 1.29 is 14.3 Å². The van der Waals surface area contributed by atoms with Gasteiger partial charge in [-0.05, 0) is 54.5 Å². The number of carboxylic acid groups (broad SMARTS) is 1. The van der Waals surface area contributed by atoms with Gasteiger partial charge in [0.15, 0.2) is 0 Å². The number of unbranched alkanes of at least 4 members (excludes halogenated alkanes) is 10. The van der Waals surface area contributed by atoms with Gasteiger partial charge in [0, 0.05) is 16.0 Å². The maximum Gasteiger partial charge on any atom is 0.346 e. The minimum atomic E-state index is -0.889. The monoisotopic (exact) mass is 522 g/mol. The van der Waals surface area contributed by atoms with Crippen molar-refractivity contribution in [2.45, 2.75) is 104 Å². The van der Waals surface area contributed by atoms with Crippen LogP contribution in [-0.2, 0) is 12.8 Å². The Kier molecular flexibility index (Phi) is 12.4. The van der Waals surface area contributed by atoms with Crippen LogP contribution in [-0.4, -0.2) is 11.1 Å². The van der Waals surface area contributed by atoms with Crippen molar-refractivity contribution in [2.24, 2.45) is 0 Å². The lowest BCUT2D eigenvalue weighted by Crippen LogP contribution is -1.94. The Morgan fingerprint density at radius 2 is 1.24 bits per heavy atom. The normalized spacial score (nSPS) is 11.2. The molecule has 0 unspecified atom stereocenters. The van der Waals surface area contributed by atoms with Crippen LogP contribution in [0, 0.1) is 5.82 Å². The van der Waals surface area contributed by atoms with E-state index in [0.29, 0.717) is 10.4 Å². The summed E-state index contributed by atoms with van der Waals surface area (Å²) in [5, 5.41) is 9.71. The molecule has 0 fully saturated rings. The molecule has 200 valence electrons. The summed E-state index contributed by atoms with van der Waals surface area (Å²) in [7, 11) is 0. The molecule has 0 saturated carbocycles. The van der Waals surface area contributed by atoms with E-state index in [2.05, 4.69) is 13.8 Å². The number of rotatable bonds is 17. The Bertz CT molecular complexity index is 1100. The second-order valence-corrected chi connectivity index (χ2v) is 11.3. The average molecular weight is 523 g/mol. The summed E-state index contributed by atoms with van der Waals surface area (Å²) in [4.78, 5) is 13.3. The molecule has 2 nitrogen and oxygen atoms in total. The van der Waals surface area contributed by atoms with E-state index in [9.17, 15) is 14.3 Å². The zero-order valence-electron chi connectivity index (χ0n) is 22.7. The number of thiophene rings is 1. The summed E-state index contributed by atoms with van der Waals surface area (Å²) in [6, 6.07) is 15.2. The van der Waals surface area contributed by atoms with Crippen LogP contribution >= 0.6 is 11.3 Å². The average Bonchev–Trinajstić information content (AvgIpc) is 3.33. The van der Waals surface area contributed by atoms with E-state index in [1.807, 2.05) is 42.5 Å². The van der Waals surface area contributed by atoms with Gasteiger partial charge >= 0.3 is 5.97 Å². The molecule has 1 N–H and O–H groups in total. The first-order chi connectivity index (χ1) is 18.0. The van der Waals surface area contributed by atoms with E-state index < -0.39 is 5.97 Å². The van der Waals surface area contributed by atoms with Gasteiger partial charge in [-0.25, -0.2) is 9.18 Å². The molecular formula is C33H43FO2S. The number of hydrogen-bond donors (Lipinski definition) is 1. The Balaban J connectivity index is 1.57. The summed E-state index contributed by atoms with van der Waals surface area (Å²) < 4.78 is 15.0. The van der Waals surface area contributed by atoms with Gasteiger partial charge in [-0.3, -0.25) is 0 Å². The fourth-order valence-electron chi connectivity index (χ4n) is 4.91. The maximum absolute atomic E-state index is 15.0. The molecule has 37 heavy (non-hydrogen) atoms. The standard InChI is InChI=1S/C33H43FO2S/c1-3-5-7-8-9-10-11-12-14-15-25-17-22-29(31(34)23-25)26-18-20-27(21-19-26)30-24-28(16-13-6-4-2)37-32(30)33(35)36/h17-24H,3-16H2,1-2H3,(H,35,36). The molecule has 2 aromatic carbocycles. The van der Waals surface area contributed by atoms with Gasteiger partial charge in [0.1, 0.15) is 10.7 Å². The molecule has 0 atom stereocenters. The Labute approximate surface area is 227 Å². The Morgan fingerprint density at radius 1 is 0.703 bits per heavy atom. The molecule has 3 rings (SSSR count). The number of hydrogen-bond acceptors (Lipinski definition) is 2. The van der Waals surface area contributed by atoms with E-state index in [-0.39, 0.29) is 5.82 Å². The highest BCUT2D eigenvalue weighted by atomic mass is 32.1. The molecule has 1 aromatic heterocycles. The highest BCUT2D eigenvalue weighted by molar-refractivity contribution is 7.14. The maximum atomic E-state index is 15.0. The molecule has 0 aliphatic heterocycles.